The van der Waals surface area contributed by atoms with Crippen LogP contribution in [0.5, 0.6) is 0 Å². The third kappa shape index (κ3) is 5.06. The summed E-state index contributed by atoms with van der Waals surface area (Å²) < 4.78 is 14.3. The summed E-state index contributed by atoms with van der Waals surface area (Å²) in [6.07, 6.45) is 3.51. The van der Waals surface area contributed by atoms with E-state index in [0.29, 0.717) is 19.6 Å². The van der Waals surface area contributed by atoms with Gasteiger partial charge in [-0.05, 0) is 31.2 Å². The van der Waals surface area contributed by atoms with Crippen LogP contribution in [-0.2, 0) is 11.3 Å². The van der Waals surface area contributed by atoms with Crippen molar-refractivity contribution < 1.29 is 9.18 Å². The van der Waals surface area contributed by atoms with Crippen molar-refractivity contribution in [3.8, 4) is 0 Å². The quantitative estimate of drug-likeness (QED) is 0.492. The summed E-state index contributed by atoms with van der Waals surface area (Å²) >= 11 is 0. The number of rotatable bonds is 6. The van der Waals surface area contributed by atoms with E-state index in [9.17, 15) is 9.18 Å². The molecule has 0 aliphatic carbocycles. The van der Waals surface area contributed by atoms with Crippen molar-refractivity contribution >= 4 is 11.7 Å². The van der Waals surface area contributed by atoms with Crippen molar-refractivity contribution in [1.29, 1.82) is 0 Å². The molecule has 5 N–H and O–H groups in total. The molecule has 1 unspecified atom stereocenters. The van der Waals surface area contributed by atoms with Crippen LogP contribution in [0.1, 0.15) is 31.2 Å². The minimum absolute atomic E-state index is 0.000936. The van der Waals surface area contributed by atoms with Gasteiger partial charge in [0.1, 0.15) is 5.82 Å². The van der Waals surface area contributed by atoms with Crippen LogP contribution in [0.4, 0.5) is 4.39 Å². The first kappa shape index (κ1) is 21.1. The number of benzene rings is 1. The molecule has 0 spiro atoms. The number of nitrogens with two attached hydrogens (primary N) is 2. The van der Waals surface area contributed by atoms with E-state index in [1.54, 1.807) is 4.90 Å². The number of aliphatic imine (C=N–C) groups is 1. The Kier molecular flexibility index (Phi) is 7.09. The van der Waals surface area contributed by atoms with Crippen LogP contribution in [0.2, 0.25) is 0 Å². The zero-order valence-electron chi connectivity index (χ0n) is 17.0. The topological polar surface area (TPSA) is 100.0 Å². The van der Waals surface area contributed by atoms with Gasteiger partial charge in [0.05, 0.1) is 6.04 Å². The fraction of sp³-hybridized carbons (Fsp3) is 0.524. The number of carbonyl (C=O) groups excluding carboxylic acids is 1. The number of likely N-dealkylation sites (tertiary alicyclic amines) is 2. The Balaban J connectivity index is 1.64. The number of hydrogen-bond donors (Lipinski definition) is 3. The molecule has 0 radical (unpaired) electrons. The average Bonchev–Trinajstić information content (AvgIpc) is 2.77. The number of hydrogen-bond acceptors (Lipinski definition) is 5. The van der Waals surface area contributed by atoms with E-state index in [0.717, 1.165) is 37.8 Å². The van der Waals surface area contributed by atoms with Crippen LogP contribution < -0.4 is 16.8 Å². The first-order valence-corrected chi connectivity index (χ1v) is 10.2. The highest BCUT2D eigenvalue weighted by Gasteiger charge is 2.35. The van der Waals surface area contributed by atoms with Crippen molar-refractivity contribution in [3.05, 3.63) is 47.5 Å². The molecule has 2 atom stereocenters. The van der Waals surface area contributed by atoms with Gasteiger partial charge in [-0.3, -0.25) is 9.79 Å². The Morgan fingerprint density at radius 1 is 1.21 bits per heavy atom. The summed E-state index contributed by atoms with van der Waals surface area (Å²) in [7, 11) is 1.43. The zero-order valence-corrected chi connectivity index (χ0v) is 17.0. The van der Waals surface area contributed by atoms with Gasteiger partial charge in [-0.1, -0.05) is 30.3 Å². The van der Waals surface area contributed by atoms with Crippen LogP contribution in [-0.4, -0.2) is 60.3 Å². The lowest BCUT2D eigenvalue weighted by molar-refractivity contribution is -0.139. The standard InChI is InChI=1S/C21H31FN6O/c1-25-19(23)18(22)20(24)27-11-5-9-16(14-27)28-12-6-10-17(21(28)29)26-13-15-7-3-2-4-8-15/h2-4,7-8,16-17,26H,5-6,9-14,24H2,1H3,(H2,23,25)/t16-,17?/m1/s1. The lowest BCUT2D eigenvalue weighted by Gasteiger charge is -2.43. The van der Waals surface area contributed by atoms with E-state index < -0.39 is 5.83 Å². The Bertz CT molecular complexity index is 766. The van der Waals surface area contributed by atoms with Crippen molar-refractivity contribution in [2.24, 2.45) is 16.5 Å². The summed E-state index contributed by atoms with van der Waals surface area (Å²) in [4.78, 5) is 20.5. The Hall–Kier alpha value is -2.61. The third-order valence-corrected chi connectivity index (χ3v) is 5.74. The second-order valence-electron chi connectivity index (χ2n) is 7.64. The summed E-state index contributed by atoms with van der Waals surface area (Å²) in [6.45, 7) is 2.54. The second kappa shape index (κ2) is 9.73. The number of carbonyl (C=O) groups is 1. The van der Waals surface area contributed by atoms with Crippen LogP contribution in [0.3, 0.4) is 0 Å². The molecule has 0 saturated carbocycles. The number of halogens is 1. The van der Waals surface area contributed by atoms with Gasteiger partial charge in [0, 0.05) is 39.3 Å². The highest BCUT2D eigenvalue weighted by molar-refractivity contribution is 5.95. The van der Waals surface area contributed by atoms with Gasteiger partial charge in [0.15, 0.2) is 5.84 Å². The average molecular weight is 403 g/mol. The van der Waals surface area contributed by atoms with Crippen LogP contribution >= 0.6 is 0 Å². The molecule has 0 bridgehead atoms. The fourth-order valence-electron chi connectivity index (χ4n) is 4.08. The Morgan fingerprint density at radius 3 is 2.66 bits per heavy atom. The number of nitrogens with zero attached hydrogens (tertiary/aromatic N) is 3. The highest BCUT2D eigenvalue weighted by atomic mass is 19.1. The normalized spacial score (nSPS) is 24.5. The molecule has 7 nitrogen and oxygen atoms in total. The molecular weight excluding hydrogens is 371 g/mol. The van der Waals surface area contributed by atoms with Crippen molar-refractivity contribution in [3.63, 3.8) is 0 Å². The SMILES string of the molecule is CN=C(N)C(F)=C(N)N1CCC[C@@H](N2CCCC(NCc3ccccc3)C2=O)C1. The van der Waals surface area contributed by atoms with Crippen LogP contribution in [0.15, 0.2) is 47.0 Å². The van der Waals surface area contributed by atoms with Crippen molar-refractivity contribution in [2.75, 3.05) is 26.7 Å². The first-order chi connectivity index (χ1) is 14.0. The van der Waals surface area contributed by atoms with Gasteiger partial charge >= 0.3 is 0 Å². The minimum atomic E-state index is -0.694. The van der Waals surface area contributed by atoms with Gasteiger partial charge in [0.2, 0.25) is 11.7 Å². The van der Waals surface area contributed by atoms with E-state index in [2.05, 4.69) is 10.3 Å². The molecule has 2 saturated heterocycles. The van der Waals surface area contributed by atoms with Crippen molar-refractivity contribution in [2.45, 2.75) is 44.3 Å². The minimum Gasteiger partial charge on any atom is -0.383 e. The number of amidine groups is 1. The molecule has 158 valence electrons. The van der Waals surface area contributed by atoms with E-state index in [1.807, 2.05) is 35.2 Å². The fourth-order valence-corrected chi connectivity index (χ4v) is 4.08. The maximum absolute atomic E-state index is 14.3. The van der Waals surface area contributed by atoms with E-state index in [4.69, 9.17) is 11.5 Å². The molecule has 1 amide bonds. The van der Waals surface area contributed by atoms with Gasteiger partial charge < -0.3 is 26.6 Å². The third-order valence-electron chi connectivity index (χ3n) is 5.74. The maximum Gasteiger partial charge on any atom is 0.240 e. The molecule has 0 aromatic heterocycles. The summed E-state index contributed by atoms with van der Waals surface area (Å²) in [5, 5.41) is 3.40. The smallest absolute Gasteiger partial charge is 0.240 e. The van der Waals surface area contributed by atoms with Gasteiger partial charge in [-0.25, -0.2) is 0 Å². The molecule has 8 heteroatoms. The molecule has 2 fully saturated rings. The van der Waals surface area contributed by atoms with E-state index in [1.165, 1.54) is 7.05 Å². The highest BCUT2D eigenvalue weighted by Crippen LogP contribution is 2.24. The van der Waals surface area contributed by atoms with E-state index in [-0.39, 0.29) is 29.6 Å². The van der Waals surface area contributed by atoms with Crippen molar-refractivity contribution in [1.82, 2.24) is 15.1 Å². The summed E-state index contributed by atoms with van der Waals surface area (Å²) in [5.74, 6) is -0.776. The number of piperidine rings is 2. The first-order valence-electron chi connectivity index (χ1n) is 10.2. The second-order valence-corrected chi connectivity index (χ2v) is 7.64. The van der Waals surface area contributed by atoms with Gasteiger partial charge in [0.25, 0.3) is 0 Å². The molecular formula is C21H31FN6O. The molecule has 2 aliphatic rings. The molecule has 3 rings (SSSR count). The monoisotopic (exact) mass is 402 g/mol. The number of nitrogens with one attached hydrogen (secondary N) is 1. The Labute approximate surface area is 171 Å². The van der Waals surface area contributed by atoms with Crippen LogP contribution in [0.25, 0.3) is 0 Å². The van der Waals surface area contributed by atoms with Gasteiger partial charge in [-0.15, -0.1) is 0 Å². The Morgan fingerprint density at radius 2 is 1.93 bits per heavy atom. The van der Waals surface area contributed by atoms with E-state index >= 15 is 0 Å². The van der Waals surface area contributed by atoms with Crippen LogP contribution in [0, 0.1) is 0 Å². The summed E-state index contributed by atoms with van der Waals surface area (Å²) in [6, 6.07) is 9.90. The lowest BCUT2D eigenvalue weighted by Crippen LogP contribution is -2.58. The largest absolute Gasteiger partial charge is 0.383 e. The molecule has 29 heavy (non-hydrogen) atoms. The predicted octanol–water partition coefficient (Wildman–Crippen LogP) is 1.32. The maximum atomic E-state index is 14.3. The predicted molar refractivity (Wildman–Crippen MR) is 112 cm³/mol. The molecule has 1 aromatic carbocycles. The van der Waals surface area contributed by atoms with Gasteiger partial charge in [-0.2, -0.15) is 4.39 Å². The molecule has 2 heterocycles. The molecule has 1 aromatic rings. The zero-order chi connectivity index (χ0) is 20.8. The molecule has 2 aliphatic heterocycles. The number of amides is 1. The summed E-state index contributed by atoms with van der Waals surface area (Å²) in [5.41, 5.74) is 12.7. The lowest BCUT2D eigenvalue weighted by atomic mass is 9.97.